The smallest absolute Gasteiger partial charge is 0.349 e. The van der Waals surface area contributed by atoms with E-state index in [9.17, 15) is 31.2 Å². The van der Waals surface area contributed by atoms with Crippen molar-refractivity contribution in [3.63, 3.8) is 0 Å². The summed E-state index contributed by atoms with van der Waals surface area (Å²) >= 11 is 0. The first-order valence-corrected chi connectivity index (χ1v) is 7.54. The Kier molecular flexibility index (Phi) is 5.53. The molecule has 0 aliphatic carbocycles. The second-order valence-corrected chi connectivity index (χ2v) is 5.86. The SMILES string of the molecule is CCC(=O)NCC(=O)c1cccc(NS(=O)(=O)C(F)(F)F)c1. The van der Waals surface area contributed by atoms with Gasteiger partial charge in [0.2, 0.25) is 5.91 Å². The van der Waals surface area contributed by atoms with Crippen LogP contribution in [0.4, 0.5) is 18.9 Å². The predicted octanol–water partition coefficient (Wildman–Crippen LogP) is 1.66. The quantitative estimate of drug-likeness (QED) is 0.772. The topological polar surface area (TPSA) is 92.3 Å². The Bertz CT molecular complexity index is 671. The number of rotatable bonds is 6. The molecule has 0 heterocycles. The van der Waals surface area contributed by atoms with E-state index in [4.69, 9.17) is 0 Å². The van der Waals surface area contributed by atoms with Gasteiger partial charge in [0.25, 0.3) is 0 Å². The normalized spacial score (nSPS) is 11.8. The van der Waals surface area contributed by atoms with E-state index in [0.717, 1.165) is 12.1 Å². The molecule has 0 spiro atoms. The summed E-state index contributed by atoms with van der Waals surface area (Å²) in [6.07, 6.45) is 0.179. The minimum Gasteiger partial charge on any atom is -0.349 e. The molecule has 1 rings (SSSR count). The van der Waals surface area contributed by atoms with Crippen LogP contribution in [0.25, 0.3) is 0 Å². The van der Waals surface area contributed by atoms with Gasteiger partial charge >= 0.3 is 15.5 Å². The third-order valence-electron chi connectivity index (χ3n) is 2.51. The van der Waals surface area contributed by atoms with Gasteiger partial charge in [-0.1, -0.05) is 19.1 Å². The molecule has 6 nitrogen and oxygen atoms in total. The maximum Gasteiger partial charge on any atom is 0.516 e. The van der Waals surface area contributed by atoms with E-state index in [1.807, 2.05) is 0 Å². The number of carbonyl (C=O) groups is 2. The van der Waals surface area contributed by atoms with E-state index < -0.39 is 27.0 Å². The summed E-state index contributed by atoms with van der Waals surface area (Å²) in [6.45, 7) is 1.26. The molecule has 0 bridgehead atoms. The Balaban J connectivity index is 2.87. The molecular formula is C12H13F3N2O4S. The summed E-state index contributed by atoms with van der Waals surface area (Å²) < 4.78 is 60.1. The second kappa shape index (κ2) is 6.77. The van der Waals surface area contributed by atoms with Crippen molar-refractivity contribution in [1.82, 2.24) is 5.32 Å². The van der Waals surface area contributed by atoms with Crippen molar-refractivity contribution in [2.24, 2.45) is 0 Å². The van der Waals surface area contributed by atoms with E-state index in [2.05, 4.69) is 5.32 Å². The molecule has 0 radical (unpaired) electrons. The molecule has 0 unspecified atom stereocenters. The van der Waals surface area contributed by atoms with E-state index in [1.54, 1.807) is 6.92 Å². The highest BCUT2D eigenvalue weighted by Gasteiger charge is 2.46. The molecule has 0 saturated heterocycles. The number of amides is 1. The van der Waals surface area contributed by atoms with Crippen molar-refractivity contribution in [3.8, 4) is 0 Å². The van der Waals surface area contributed by atoms with Crippen LogP contribution in [0, 0.1) is 0 Å². The monoisotopic (exact) mass is 338 g/mol. The van der Waals surface area contributed by atoms with Crippen molar-refractivity contribution in [1.29, 1.82) is 0 Å². The fourth-order valence-corrected chi connectivity index (χ4v) is 1.93. The lowest BCUT2D eigenvalue weighted by Gasteiger charge is -2.11. The number of alkyl halides is 3. The summed E-state index contributed by atoms with van der Waals surface area (Å²) in [5.41, 5.74) is -5.88. The third kappa shape index (κ3) is 4.72. The van der Waals surface area contributed by atoms with Crippen LogP contribution in [-0.2, 0) is 14.8 Å². The number of Topliss-reactive ketones (excluding diaryl/α,β-unsaturated/α-hetero) is 1. The van der Waals surface area contributed by atoms with Gasteiger partial charge in [-0.3, -0.25) is 14.3 Å². The average molecular weight is 338 g/mol. The molecule has 0 aromatic heterocycles. The van der Waals surface area contributed by atoms with E-state index >= 15 is 0 Å². The van der Waals surface area contributed by atoms with Crippen LogP contribution >= 0.6 is 0 Å². The van der Waals surface area contributed by atoms with E-state index in [1.165, 1.54) is 16.9 Å². The lowest BCUT2D eigenvalue weighted by Crippen LogP contribution is -2.30. The highest BCUT2D eigenvalue weighted by atomic mass is 32.2. The molecule has 2 N–H and O–H groups in total. The Morgan fingerprint density at radius 3 is 2.41 bits per heavy atom. The fraction of sp³-hybridized carbons (Fsp3) is 0.333. The molecule has 22 heavy (non-hydrogen) atoms. The van der Waals surface area contributed by atoms with Crippen molar-refractivity contribution < 1.29 is 31.2 Å². The molecule has 0 atom stereocenters. The van der Waals surface area contributed by atoms with Crippen molar-refractivity contribution >= 4 is 27.4 Å². The van der Waals surface area contributed by atoms with Gasteiger partial charge in [-0.25, -0.2) is 0 Å². The van der Waals surface area contributed by atoms with Crippen LogP contribution < -0.4 is 10.0 Å². The van der Waals surface area contributed by atoms with Gasteiger partial charge in [0, 0.05) is 17.7 Å². The zero-order valence-corrected chi connectivity index (χ0v) is 12.2. The van der Waals surface area contributed by atoms with Crippen LogP contribution in [-0.4, -0.2) is 32.2 Å². The first-order valence-electron chi connectivity index (χ1n) is 6.06. The molecule has 122 valence electrons. The first kappa shape index (κ1) is 18.0. The van der Waals surface area contributed by atoms with Crippen molar-refractivity contribution in [2.75, 3.05) is 11.3 Å². The molecule has 0 fully saturated rings. The van der Waals surface area contributed by atoms with Crippen LogP contribution in [0.15, 0.2) is 24.3 Å². The molecule has 10 heteroatoms. The standard InChI is InChI=1S/C12H13F3N2O4S/c1-2-11(19)16-7-10(18)8-4-3-5-9(6-8)17-22(20,21)12(13,14)15/h3-6,17H,2,7H2,1H3,(H,16,19). The first-order chi connectivity index (χ1) is 10.1. The highest BCUT2D eigenvalue weighted by Crippen LogP contribution is 2.25. The molecule has 1 aromatic carbocycles. The Morgan fingerprint density at radius 1 is 1.23 bits per heavy atom. The molecule has 0 aliphatic heterocycles. The van der Waals surface area contributed by atoms with Gasteiger partial charge in [-0.05, 0) is 12.1 Å². The van der Waals surface area contributed by atoms with Gasteiger partial charge in [0.15, 0.2) is 5.78 Å². The Morgan fingerprint density at radius 2 is 1.86 bits per heavy atom. The Hall–Kier alpha value is -2.10. The molecule has 1 amide bonds. The number of carbonyl (C=O) groups excluding carboxylic acids is 2. The van der Waals surface area contributed by atoms with Gasteiger partial charge < -0.3 is 5.32 Å². The predicted molar refractivity (Wildman–Crippen MR) is 72.7 cm³/mol. The van der Waals surface area contributed by atoms with Crippen LogP contribution in [0.1, 0.15) is 23.7 Å². The van der Waals surface area contributed by atoms with Crippen molar-refractivity contribution in [3.05, 3.63) is 29.8 Å². The minimum absolute atomic E-state index is 0.0289. The number of hydrogen-bond donors (Lipinski definition) is 2. The number of benzene rings is 1. The van der Waals surface area contributed by atoms with Crippen LogP contribution in [0.3, 0.4) is 0 Å². The van der Waals surface area contributed by atoms with Crippen molar-refractivity contribution in [2.45, 2.75) is 18.9 Å². The fourth-order valence-electron chi connectivity index (χ4n) is 1.38. The summed E-state index contributed by atoms with van der Waals surface area (Å²) in [4.78, 5) is 22.8. The number of halogens is 3. The maximum atomic E-state index is 12.3. The molecule has 0 saturated carbocycles. The summed E-state index contributed by atoms with van der Waals surface area (Å²) in [5.74, 6) is -0.919. The average Bonchev–Trinajstić information content (AvgIpc) is 2.42. The summed E-state index contributed by atoms with van der Waals surface area (Å²) in [5, 5.41) is 2.32. The van der Waals surface area contributed by atoms with Gasteiger partial charge in [-0.2, -0.15) is 21.6 Å². The second-order valence-electron chi connectivity index (χ2n) is 4.19. The lowest BCUT2D eigenvalue weighted by atomic mass is 10.1. The highest BCUT2D eigenvalue weighted by molar-refractivity contribution is 7.93. The summed E-state index contributed by atoms with van der Waals surface area (Å²) in [6, 6.07) is 4.56. The van der Waals surface area contributed by atoms with Gasteiger partial charge in [0.1, 0.15) is 0 Å². The lowest BCUT2D eigenvalue weighted by molar-refractivity contribution is -0.120. The summed E-state index contributed by atoms with van der Waals surface area (Å²) in [7, 11) is -5.55. The number of sulfonamides is 1. The van der Waals surface area contributed by atoms with Gasteiger partial charge in [0.05, 0.1) is 6.54 Å². The van der Waals surface area contributed by atoms with Gasteiger partial charge in [-0.15, -0.1) is 0 Å². The molecule has 0 aliphatic rings. The molecule has 1 aromatic rings. The zero-order valence-electron chi connectivity index (χ0n) is 11.4. The zero-order chi connectivity index (χ0) is 17.0. The maximum absolute atomic E-state index is 12.3. The van der Waals surface area contributed by atoms with Crippen LogP contribution in [0.5, 0.6) is 0 Å². The largest absolute Gasteiger partial charge is 0.516 e. The Labute approximate surface area is 124 Å². The van der Waals surface area contributed by atoms with Crippen LogP contribution in [0.2, 0.25) is 0 Å². The number of anilines is 1. The van der Waals surface area contributed by atoms with E-state index in [0.29, 0.717) is 0 Å². The third-order valence-corrected chi connectivity index (χ3v) is 3.62. The molecular weight excluding hydrogens is 325 g/mol. The number of ketones is 1. The number of nitrogens with one attached hydrogen (secondary N) is 2. The van der Waals surface area contributed by atoms with E-state index in [-0.39, 0.29) is 24.4 Å². The number of hydrogen-bond acceptors (Lipinski definition) is 4. The minimum atomic E-state index is -5.55.